The van der Waals surface area contributed by atoms with Crippen LogP contribution in [0.25, 0.3) is 0 Å². The number of terminal acetylenes is 1. The van der Waals surface area contributed by atoms with Gasteiger partial charge in [-0.25, -0.2) is 4.99 Å². The van der Waals surface area contributed by atoms with Crippen LogP contribution in [0.4, 0.5) is 0 Å². The average molecular weight is 392 g/mol. The maximum Gasteiger partial charge on any atom is 0.242 e. The Labute approximate surface area is 138 Å². The zero-order chi connectivity index (χ0) is 13.9. The number of nitrogens with zero attached hydrogens (tertiary/aromatic N) is 1. The molecule has 0 heterocycles. The van der Waals surface area contributed by atoms with E-state index in [9.17, 15) is 4.79 Å². The van der Waals surface area contributed by atoms with E-state index in [-0.39, 0.29) is 36.4 Å². The standard InChI is InChI=1S/C14H24N4O.HI/c1-3-10-16-14(15-4-2)17-11-13(19)18-12-8-6-5-7-9-12;/h1,12H,4-11H2,2H3,(H,18,19)(H2,15,16,17);1H. The summed E-state index contributed by atoms with van der Waals surface area (Å²) in [6, 6.07) is 0.331. The fraction of sp³-hybridized carbons (Fsp3) is 0.714. The van der Waals surface area contributed by atoms with Crippen LogP contribution in [0.1, 0.15) is 39.0 Å². The number of halogens is 1. The Morgan fingerprint density at radius 3 is 2.60 bits per heavy atom. The third-order valence-electron chi connectivity index (χ3n) is 3.05. The lowest BCUT2D eigenvalue weighted by molar-refractivity contribution is -0.120. The van der Waals surface area contributed by atoms with E-state index < -0.39 is 0 Å². The van der Waals surface area contributed by atoms with Gasteiger partial charge in [0.05, 0.1) is 6.54 Å². The molecule has 0 unspecified atom stereocenters. The van der Waals surface area contributed by atoms with Crippen LogP contribution < -0.4 is 16.0 Å². The molecule has 3 N–H and O–H groups in total. The van der Waals surface area contributed by atoms with Gasteiger partial charge in [0.15, 0.2) is 5.96 Å². The number of nitrogens with one attached hydrogen (secondary N) is 3. The van der Waals surface area contributed by atoms with Gasteiger partial charge >= 0.3 is 0 Å². The molecule has 1 fully saturated rings. The molecule has 0 bridgehead atoms. The van der Waals surface area contributed by atoms with Crippen molar-refractivity contribution in [2.45, 2.75) is 45.1 Å². The molecule has 0 aliphatic heterocycles. The summed E-state index contributed by atoms with van der Waals surface area (Å²) >= 11 is 0. The highest BCUT2D eigenvalue weighted by atomic mass is 127. The number of amides is 1. The number of guanidine groups is 1. The highest BCUT2D eigenvalue weighted by molar-refractivity contribution is 14.0. The molecule has 5 nitrogen and oxygen atoms in total. The zero-order valence-corrected chi connectivity index (χ0v) is 14.4. The van der Waals surface area contributed by atoms with Crippen LogP contribution >= 0.6 is 24.0 Å². The molecule has 1 aliphatic carbocycles. The van der Waals surface area contributed by atoms with Gasteiger partial charge in [-0.1, -0.05) is 25.2 Å². The predicted octanol–water partition coefficient (Wildman–Crippen LogP) is 1.24. The lowest BCUT2D eigenvalue weighted by Crippen LogP contribution is -2.40. The van der Waals surface area contributed by atoms with Crippen LogP contribution in [-0.4, -0.2) is 37.5 Å². The van der Waals surface area contributed by atoms with E-state index in [2.05, 4.69) is 26.9 Å². The summed E-state index contributed by atoms with van der Waals surface area (Å²) < 4.78 is 0. The highest BCUT2D eigenvalue weighted by Crippen LogP contribution is 2.17. The van der Waals surface area contributed by atoms with E-state index in [1.807, 2.05) is 6.92 Å². The Bertz CT molecular complexity index is 346. The lowest BCUT2D eigenvalue weighted by Gasteiger charge is -2.22. The first-order valence-corrected chi connectivity index (χ1v) is 7.01. The van der Waals surface area contributed by atoms with Gasteiger partial charge in [0, 0.05) is 12.6 Å². The van der Waals surface area contributed by atoms with Crippen molar-refractivity contribution in [1.82, 2.24) is 16.0 Å². The van der Waals surface area contributed by atoms with E-state index in [4.69, 9.17) is 6.42 Å². The Morgan fingerprint density at radius 1 is 1.30 bits per heavy atom. The third-order valence-corrected chi connectivity index (χ3v) is 3.05. The van der Waals surface area contributed by atoms with Gasteiger partial charge in [-0.2, -0.15) is 0 Å². The summed E-state index contributed by atoms with van der Waals surface area (Å²) in [6.45, 7) is 3.24. The first-order valence-electron chi connectivity index (χ1n) is 7.01. The summed E-state index contributed by atoms with van der Waals surface area (Å²) in [6.07, 6.45) is 11.1. The Morgan fingerprint density at radius 2 is 2.00 bits per heavy atom. The second-order valence-electron chi connectivity index (χ2n) is 4.66. The SMILES string of the molecule is C#CCNC(=NCC(=O)NC1CCCCC1)NCC.I. The van der Waals surface area contributed by atoms with Gasteiger partial charge in [0.25, 0.3) is 0 Å². The van der Waals surface area contributed by atoms with Crippen LogP contribution in [0.3, 0.4) is 0 Å². The monoisotopic (exact) mass is 392 g/mol. The highest BCUT2D eigenvalue weighted by Gasteiger charge is 2.15. The minimum atomic E-state index is -0.0233. The van der Waals surface area contributed by atoms with Crippen LogP contribution in [0.2, 0.25) is 0 Å². The van der Waals surface area contributed by atoms with E-state index in [0.717, 1.165) is 19.4 Å². The Kier molecular flexibility index (Phi) is 11.3. The number of hydrogen-bond donors (Lipinski definition) is 3. The van der Waals surface area contributed by atoms with Gasteiger partial charge < -0.3 is 16.0 Å². The molecule has 0 radical (unpaired) electrons. The van der Waals surface area contributed by atoms with Gasteiger partial charge in [-0.05, 0) is 19.8 Å². The molecule has 0 aromatic rings. The molecular weight excluding hydrogens is 367 g/mol. The summed E-state index contributed by atoms with van der Waals surface area (Å²) in [5, 5.41) is 9.02. The molecular formula is C14H25IN4O. The molecule has 0 aromatic heterocycles. The molecule has 0 atom stereocenters. The average Bonchev–Trinajstić information content (AvgIpc) is 2.43. The van der Waals surface area contributed by atoms with Gasteiger partial charge in [0.1, 0.15) is 6.54 Å². The summed E-state index contributed by atoms with van der Waals surface area (Å²) in [5.41, 5.74) is 0. The van der Waals surface area contributed by atoms with Crippen LogP contribution in [0.15, 0.2) is 4.99 Å². The van der Waals surface area contributed by atoms with E-state index in [0.29, 0.717) is 18.5 Å². The molecule has 1 amide bonds. The van der Waals surface area contributed by atoms with Gasteiger partial charge in [-0.15, -0.1) is 30.4 Å². The fourth-order valence-electron chi connectivity index (χ4n) is 2.15. The van der Waals surface area contributed by atoms with Crippen molar-refractivity contribution in [3.8, 4) is 12.3 Å². The maximum absolute atomic E-state index is 11.8. The molecule has 1 saturated carbocycles. The molecule has 1 rings (SSSR count). The van der Waals surface area contributed by atoms with Crippen LogP contribution in [0.5, 0.6) is 0 Å². The lowest BCUT2D eigenvalue weighted by atomic mass is 9.95. The zero-order valence-electron chi connectivity index (χ0n) is 12.1. The van der Waals surface area contributed by atoms with Crippen molar-refractivity contribution in [2.24, 2.45) is 4.99 Å². The van der Waals surface area contributed by atoms with Gasteiger partial charge in [0.2, 0.25) is 5.91 Å². The Hall–Kier alpha value is -0.970. The summed E-state index contributed by atoms with van der Waals surface area (Å²) in [5.74, 6) is 3.04. The topological polar surface area (TPSA) is 65.5 Å². The molecule has 1 aliphatic rings. The number of aliphatic imine (C=N–C) groups is 1. The fourth-order valence-corrected chi connectivity index (χ4v) is 2.15. The first-order chi connectivity index (χ1) is 9.26. The normalized spacial score (nSPS) is 15.7. The second kappa shape index (κ2) is 11.8. The van der Waals surface area contributed by atoms with Crippen LogP contribution in [-0.2, 0) is 4.79 Å². The summed E-state index contributed by atoms with van der Waals surface area (Å²) in [7, 11) is 0. The van der Waals surface area contributed by atoms with Crippen molar-refractivity contribution in [1.29, 1.82) is 0 Å². The molecule has 20 heavy (non-hydrogen) atoms. The quantitative estimate of drug-likeness (QED) is 0.286. The van der Waals surface area contributed by atoms with Crippen molar-refractivity contribution in [3.63, 3.8) is 0 Å². The van der Waals surface area contributed by atoms with Gasteiger partial charge in [-0.3, -0.25) is 4.79 Å². The Balaban J connectivity index is 0.00000361. The minimum Gasteiger partial charge on any atom is -0.357 e. The van der Waals surface area contributed by atoms with E-state index in [1.54, 1.807) is 0 Å². The largest absolute Gasteiger partial charge is 0.357 e. The van der Waals surface area contributed by atoms with Crippen molar-refractivity contribution in [2.75, 3.05) is 19.6 Å². The molecule has 114 valence electrons. The summed E-state index contributed by atoms with van der Waals surface area (Å²) in [4.78, 5) is 16.0. The molecule has 0 spiro atoms. The molecule has 6 heteroatoms. The smallest absolute Gasteiger partial charge is 0.242 e. The molecule has 0 aromatic carbocycles. The molecule has 0 saturated heterocycles. The van der Waals surface area contributed by atoms with E-state index in [1.165, 1.54) is 19.3 Å². The maximum atomic E-state index is 11.8. The minimum absolute atomic E-state index is 0. The number of carbonyl (C=O) groups is 1. The van der Waals surface area contributed by atoms with Crippen LogP contribution in [0, 0.1) is 12.3 Å². The third kappa shape index (κ3) is 8.25. The van der Waals surface area contributed by atoms with Crippen molar-refractivity contribution in [3.05, 3.63) is 0 Å². The van der Waals surface area contributed by atoms with Crippen molar-refractivity contribution >= 4 is 35.8 Å². The predicted molar refractivity (Wildman–Crippen MR) is 93.2 cm³/mol. The number of hydrogen-bond acceptors (Lipinski definition) is 2. The van der Waals surface area contributed by atoms with E-state index >= 15 is 0 Å². The first kappa shape index (κ1) is 19.0. The van der Waals surface area contributed by atoms with Crippen molar-refractivity contribution < 1.29 is 4.79 Å². The second-order valence-corrected chi connectivity index (χ2v) is 4.66. The number of carbonyl (C=O) groups excluding carboxylic acids is 1. The number of rotatable bonds is 5.